The van der Waals surface area contributed by atoms with Crippen molar-refractivity contribution in [2.24, 2.45) is 0 Å². The van der Waals surface area contributed by atoms with Crippen LogP contribution in [-0.2, 0) is 6.61 Å². The fraction of sp³-hybridized carbons (Fsp3) is 0.0833. The molecule has 5 heteroatoms. The van der Waals surface area contributed by atoms with Crippen LogP contribution in [0.25, 0.3) is 0 Å². The summed E-state index contributed by atoms with van der Waals surface area (Å²) in [7, 11) is 0. The molecule has 0 fully saturated rings. The summed E-state index contributed by atoms with van der Waals surface area (Å²) in [5.74, 6) is -0.0356. The third kappa shape index (κ3) is 3.17. The van der Waals surface area contributed by atoms with E-state index in [1.807, 2.05) is 6.07 Å². The second kappa shape index (κ2) is 5.14. The van der Waals surface area contributed by atoms with Crippen LogP contribution in [0.1, 0.15) is 5.56 Å². The second-order valence-corrected chi connectivity index (χ2v) is 4.40. The number of pyridine rings is 1. The smallest absolute Gasteiger partial charge is 0.145 e. The average molecular weight is 297 g/mol. The molecule has 0 saturated heterocycles. The van der Waals surface area contributed by atoms with Crippen molar-refractivity contribution in [3.05, 3.63) is 52.5 Å². The molecule has 2 N–H and O–H groups in total. The quantitative estimate of drug-likeness (QED) is 0.885. The van der Waals surface area contributed by atoms with Crippen LogP contribution in [0, 0.1) is 5.82 Å². The van der Waals surface area contributed by atoms with E-state index in [1.54, 1.807) is 12.4 Å². The number of hydrogen-bond acceptors (Lipinski definition) is 3. The first-order chi connectivity index (χ1) is 8.15. The Hall–Kier alpha value is -1.62. The Bertz CT molecular complexity index is 534. The predicted molar refractivity (Wildman–Crippen MR) is 67.1 cm³/mol. The monoisotopic (exact) mass is 296 g/mol. The standard InChI is InChI=1S/C12H10BrFN2O/c13-9-3-8(5-16-6-9)7-17-12-4-10(14)1-2-11(12)15/h1-6H,7,15H2. The summed E-state index contributed by atoms with van der Waals surface area (Å²) in [5.41, 5.74) is 6.96. The van der Waals surface area contributed by atoms with Gasteiger partial charge in [-0.1, -0.05) is 0 Å². The van der Waals surface area contributed by atoms with Gasteiger partial charge in [-0.05, 0) is 34.1 Å². The van der Waals surface area contributed by atoms with Crippen LogP contribution in [0.15, 0.2) is 41.1 Å². The maximum atomic E-state index is 13.0. The van der Waals surface area contributed by atoms with E-state index in [0.29, 0.717) is 18.0 Å². The predicted octanol–water partition coefficient (Wildman–Crippen LogP) is 3.14. The number of nitrogen functional groups attached to an aromatic ring is 1. The largest absolute Gasteiger partial charge is 0.487 e. The molecular formula is C12H10BrFN2O. The highest BCUT2D eigenvalue weighted by atomic mass is 79.9. The van der Waals surface area contributed by atoms with E-state index in [2.05, 4.69) is 20.9 Å². The zero-order valence-corrected chi connectivity index (χ0v) is 10.4. The van der Waals surface area contributed by atoms with Gasteiger partial charge in [-0.3, -0.25) is 4.98 Å². The maximum absolute atomic E-state index is 13.0. The highest BCUT2D eigenvalue weighted by Gasteiger charge is 2.03. The number of nitrogens with two attached hydrogens (primary N) is 1. The molecule has 0 aliphatic heterocycles. The van der Waals surface area contributed by atoms with Gasteiger partial charge in [-0.25, -0.2) is 4.39 Å². The molecule has 0 radical (unpaired) electrons. The summed E-state index contributed by atoms with van der Waals surface area (Å²) in [6.07, 6.45) is 3.36. The molecular weight excluding hydrogens is 287 g/mol. The van der Waals surface area contributed by atoms with Gasteiger partial charge < -0.3 is 10.5 Å². The molecule has 0 atom stereocenters. The lowest BCUT2D eigenvalue weighted by atomic mass is 10.3. The molecule has 0 unspecified atom stereocenters. The Morgan fingerprint density at radius 3 is 2.88 bits per heavy atom. The van der Waals surface area contributed by atoms with Gasteiger partial charge in [0.25, 0.3) is 0 Å². The fourth-order valence-electron chi connectivity index (χ4n) is 1.33. The number of benzene rings is 1. The zero-order chi connectivity index (χ0) is 12.3. The molecule has 0 bridgehead atoms. The molecule has 2 rings (SSSR count). The number of ether oxygens (including phenoxy) is 1. The highest BCUT2D eigenvalue weighted by molar-refractivity contribution is 9.10. The third-order valence-corrected chi connectivity index (χ3v) is 2.57. The molecule has 0 aliphatic rings. The lowest BCUT2D eigenvalue weighted by Crippen LogP contribution is -1.99. The van der Waals surface area contributed by atoms with E-state index in [4.69, 9.17) is 10.5 Å². The minimum absolute atomic E-state index is 0.292. The van der Waals surface area contributed by atoms with Gasteiger partial charge in [-0.2, -0.15) is 0 Å². The van der Waals surface area contributed by atoms with Gasteiger partial charge in [0.05, 0.1) is 5.69 Å². The summed E-state index contributed by atoms with van der Waals surface area (Å²) in [6.45, 7) is 0.292. The topological polar surface area (TPSA) is 48.1 Å². The lowest BCUT2D eigenvalue weighted by Gasteiger charge is -2.08. The Labute approximate surface area is 107 Å². The normalized spacial score (nSPS) is 10.2. The first-order valence-electron chi connectivity index (χ1n) is 4.92. The van der Waals surface area contributed by atoms with Crippen LogP contribution in [0.3, 0.4) is 0 Å². The van der Waals surface area contributed by atoms with Crippen molar-refractivity contribution < 1.29 is 9.13 Å². The Balaban J connectivity index is 2.09. The molecule has 2 aromatic rings. The van der Waals surface area contributed by atoms with Gasteiger partial charge in [0.2, 0.25) is 0 Å². The molecule has 88 valence electrons. The summed E-state index contributed by atoms with van der Waals surface area (Å²) < 4.78 is 19.3. The molecule has 3 nitrogen and oxygen atoms in total. The van der Waals surface area contributed by atoms with Crippen LogP contribution in [-0.4, -0.2) is 4.98 Å². The van der Waals surface area contributed by atoms with Crippen LogP contribution in [0.5, 0.6) is 5.75 Å². The SMILES string of the molecule is Nc1ccc(F)cc1OCc1cncc(Br)c1. The van der Waals surface area contributed by atoms with E-state index < -0.39 is 0 Å². The van der Waals surface area contributed by atoms with Crippen molar-refractivity contribution in [3.63, 3.8) is 0 Å². The van der Waals surface area contributed by atoms with Crippen molar-refractivity contribution in [1.29, 1.82) is 0 Å². The molecule has 1 heterocycles. The Kier molecular flexibility index (Phi) is 3.58. The fourth-order valence-corrected chi connectivity index (χ4v) is 1.74. The second-order valence-electron chi connectivity index (χ2n) is 3.48. The van der Waals surface area contributed by atoms with E-state index >= 15 is 0 Å². The van der Waals surface area contributed by atoms with Gasteiger partial charge >= 0.3 is 0 Å². The van der Waals surface area contributed by atoms with Gasteiger partial charge in [0, 0.05) is 28.5 Å². The van der Waals surface area contributed by atoms with Crippen molar-refractivity contribution in [2.45, 2.75) is 6.61 Å². The van der Waals surface area contributed by atoms with E-state index in [-0.39, 0.29) is 5.82 Å². The lowest BCUT2D eigenvalue weighted by molar-refractivity contribution is 0.306. The number of hydrogen-bond donors (Lipinski definition) is 1. The molecule has 0 saturated carbocycles. The van der Waals surface area contributed by atoms with Crippen molar-refractivity contribution in [1.82, 2.24) is 4.98 Å². The van der Waals surface area contributed by atoms with E-state index in [0.717, 1.165) is 10.0 Å². The van der Waals surface area contributed by atoms with Crippen molar-refractivity contribution in [3.8, 4) is 5.75 Å². The third-order valence-electron chi connectivity index (χ3n) is 2.13. The first-order valence-corrected chi connectivity index (χ1v) is 5.72. The van der Waals surface area contributed by atoms with Gasteiger partial charge in [-0.15, -0.1) is 0 Å². The summed E-state index contributed by atoms with van der Waals surface area (Å²) in [5, 5.41) is 0. The number of nitrogens with zero attached hydrogens (tertiary/aromatic N) is 1. The Morgan fingerprint density at radius 2 is 2.12 bits per heavy atom. The van der Waals surface area contributed by atoms with Crippen LogP contribution >= 0.6 is 15.9 Å². The summed E-state index contributed by atoms with van der Waals surface area (Å²) >= 11 is 3.31. The minimum Gasteiger partial charge on any atom is -0.487 e. The van der Waals surface area contributed by atoms with Crippen molar-refractivity contribution >= 4 is 21.6 Å². The van der Waals surface area contributed by atoms with E-state index in [1.165, 1.54) is 18.2 Å². The van der Waals surface area contributed by atoms with Gasteiger partial charge in [0.15, 0.2) is 0 Å². The van der Waals surface area contributed by atoms with Crippen molar-refractivity contribution in [2.75, 3.05) is 5.73 Å². The Morgan fingerprint density at radius 1 is 1.29 bits per heavy atom. The van der Waals surface area contributed by atoms with Gasteiger partial charge in [0.1, 0.15) is 18.2 Å². The highest BCUT2D eigenvalue weighted by Crippen LogP contribution is 2.23. The van der Waals surface area contributed by atoms with Crippen LogP contribution in [0.4, 0.5) is 10.1 Å². The average Bonchev–Trinajstić information content (AvgIpc) is 2.30. The molecule has 1 aromatic heterocycles. The van der Waals surface area contributed by atoms with Crippen LogP contribution in [0.2, 0.25) is 0 Å². The van der Waals surface area contributed by atoms with E-state index in [9.17, 15) is 4.39 Å². The number of halogens is 2. The number of anilines is 1. The first kappa shape index (κ1) is 11.9. The minimum atomic E-state index is -0.374. The number of rotatable bonds is 3. The number of aromatic nitrogens is 1. The van der Waals surface area contributed by atoms with Crippen LogP contribution < -0.4 is 10.5 Å². The summed E-state index contributed by atoms with van der Waals surface area (Å²) in [6, 6.07) is 5.91. The maximum Gasteiger partial charge on any atom is 0.145 e. The molecule has 0 aliphatic carbocycles. The molecule has 1 aromatic carbocycles. The molecule has 0 amide bonds. The zero-order valence-electron chi connectivity index (χ0n) is 8.86. The molecule has 17 heavy (non-hydrogen) atoms. The summed E-state index contributed by atoms with van der Waals surface area (Å²) in [4.78, 5) is 4.00. The molecule has 0 spiro atoms.